The first-order chi connectivity index (χ1) is 9.91. The molecule has 0 amide bonds. The molecule has 21 heavy (non-hydrogen) atoms. The van der Waals surface area contributed by atoms with Gasteiger partial charge in [0.1, 0.15) is 0 Å². The van der Waals surface area contributed by atoms with Crippen LogP contribution in [0.2, 0.25) is 0 Å². The van der Waals surface area contributed by atoms with Gasteiger partial charge in [-0.05, 0) is 39.0 Å². The molecule has 0 fully saturated rings. The van der Waals surface area contributed by atoms with Crippen LogP contribution in [0.5, 0.6) is 0 Å². The van der Waals surface area contributed by atoms with Gasteiger partial charge in [0, 0.05) is 26.2 Å². The zero-order chi connectivity index (χ0) is 16.1. The third kappa shape index (κ3) is 12.6. The maximum atomic E-state index is 11.3. The first-order valence-electron chi connectivity index (χ1n) is 7.90. The molecule has 7 heteroatoms. The van der Waals surface area contributed by atoms with Crippen LogP contribution in [0.15, 0.2) is 4.99 Å². The zero-order valence-corrected chi connectivity index (χ0v) is 14.7. The predicted molar refractivity (Wildman–Crippen MR) is 90.1 cm³/mol. The van der Waals surface area contributed by atoms with Crippen molar-refractivity contribution in [1.29, 1.82) is 0 Å². The Morgan fingerprint density at radius 1 is 1.10 bits per heavy atom. The van der Waals surface area contributed by atoms with Crippen LogP contribution >= 0.6 is 0 Å². The van der Waals surface area contributed by atoms with Crippen LogP contribution in [-0.2, 0) is 10.0 Å². The molecule has 0 heterocycles. The Morgan fingerprint density at radius 2 is 1.81 bits per heavy atom. The lowest BCUT2D eigenvalue weighted by molar-refractivity contribution is 0.549. The summed E-state index contributed by atoms with van der Waals surface area (Å²) < 4.78 is 25.1. The summed E-state index contributed by atoms with van der Waals surface area (Å²) in [6.07, 6.45) is 3.02. The molecule has 0 saturated carbocycles. The van der Waals surface area contributed by atoms with Crippen LogP contribution in [0.25, 0.3) is 0 Å². The van der Waals surface area contributed by atoms with Gasteiger partial charge < -0.3 is 10.6 Å². The first kappa shape index (κ1) is 20.2. The van der Waals surface area contributed by atoms with Crippen molar-refractivity contribution in [2.75, 3.05) is 31.9 Å². The van der Waals surface area contributed by atoms with Crippen molar-refractivity contribution in [2.24, 2.45) is 10.9 Å². The van der Waals surface area contributed by atoms with Gasteiger partial charge in [-0.2, -0.15) is 0 Å². The van der Waals surface area contributed by atoms with Gasteiger partial charge in [-0.25, -0.2) is 13.1 Å². The van der Waals surface area contributed by atoms with E-state index in [-0.39, 0.29) is 5.75 Å². The number of nitrogens with one attached hydrogen (secondary N) is 3. The molecule has 3 N–H and O–H groups in total. The average Bonchev–Trinajstić information content (AvgIpc) is 2.42. The molecule has 126 valence electrons. The van der Waals surface area contributed by atoms with E-state index in [0.29, 0.717) is 19.5 Å². The Morgan fingerprint density at radius 3 is 2.38 bits per heavy atom. The molecule has 0 spiro atoms. The summed E-state index contributed by atoms with van der Waals surface area (Å²) in [5.74, 6) is 1.65. The number of aliphatic imine (C=N–C) groups is 1. The first-order valence-corrected chi connectivity index (χ1v) is 9.56. The highest BCUT2D eigenvalue weighted by Crippen LogP contribution is 2.01. The number of rotatable bonds is 11. The number of nitrogens with zero attached hydrogens (tertiary/aromatic N) is 1. The SMILES string of the molecule is CCNC(=NCCCNS(=O)(=O)CC)NCCCC(C)C. The van der Waals surface area contributed by atoms with Gasteiger partial charge in [-0.3, -0.25) is 4.99 Å². The van der Waals surface area contributed by atoms with Crippen LogP contribution < -0.4 is 15.4 Å². The molecule has 0 aliphatic heterocycles. The summed E-state index contributed by atoms with van der Waals surface area (Å²) in [4.78, 5) is 4.44. The number of hydrogen-bond acceptors (Lipinski definition) is 3. The normalized spacial score (nSPS) is 12.7. The van der Waals surface area contributed by atoms with Crippen molar-refractivity contribution >= 4 is 16.0 Å². The molecule has 0 aliphatic carbocycles. The van der Waals surface area contributed by atoms with Crippen LogP contribution in [0.1, 0.15) is 47.0 Å². The van der Waals surface area contributed by atoms with Gasteiger partial charge in [0.25, 0.3) is 0 Å². The summed E-state index contributed by atoms with van der Waals surface area (Å²) in [6.45, 7) is 10.9. The van der Waals surface area contributed by atoms with Gasteiger partial charge in [-0.1, -0.05) is 13.8 Å². The molecule has 0 aromatic rings. The molecule has 0 unspecified atom stereocenters. The Bertz CT molecular complexity index is 380. The standard InChI is InChI=1S/C14H32N4O2S/c1-5-15-14(16-10-7-9-13(3)4)17-11-8-12-18-21(19,20)6-2/h13,18H,5-12H2,1-4H3,(H2,15,16,17). The van der Waals surface area contributed by atoms with E-state index in [1.54, 1.807) is 6.92 Å². The number of sulfonamides is 1. The maximum Gasteiger partial charge on any atom is 0.211 e. The topological polar surface area (TPSA) is 82.6 Å². The summed E-state index contributed by atoms with van der Waals surface area (Å²) >= 11 is 0. The van der Waals surface area contributed by atoms with Crippen LogP contribution in [0.3, 0.4) is 0 Å². The van der Waals surface area contributed by atoms with Crippen LogP contribution in [0.4, 0.5) is 0 Å². The molecule has 0 rings (SSSR count). The molecule has 0 saturated heterocycles. The Kier molecular flexibility index (Phi) is 11.3. The van der Waals surface area contributed by atoms with E-state index in [9.17, 15) is 8.42 Å². The fraction of sp³-hybridized carbons (Fsp3) is 0.929. The molecular weight excluding hydrogens is 288 g/mol. The highest BCUT2D eigenvalue weighted by molar-refractivity contribution is 7.89. The fourth-order valence-electron chi connectivity index (χ4n) is 1.66. The van der Waals surface area contributed by atoms with Crippen molar-refractivity contribution in [2.45, 2.75) is 47.0 Å². The van der Waals surface area contributed by atoms with E-state index in [2.05, 4.69) is 34.2 Å². The minimum absolute atomic E-state index is 0.121. The van der Waals surface area contributed by atoms with E-state index in [1.165, 1.54) is 6.42 Å². The largest absolute Gasteiger partial charge is 0.357 e. The summed E-state index contributed by atoms with van der Waals surface area (Å²) in [5, 5.41) is 6.48. The molecule has 0 atom stereocenters. The highest BCUT2D eigenvalue weighted by Gasteiger charge is 2.04. The second-order valence-corrected chi connectivity index (χ2v) is 7.47. The Balaban J connectivity index is 3.93. The second kappa shape index (κ2) is 11.8. The van der Waals surface area contributed by atoms with E-state index in [1.807, 2.05) is 6.92 Å². The van der Waals surface area contributed by atoms with Gasteiger partial charge >= 0.3 is 0 Å². The van der Waals surface area contributed by atoms with E-state index in [0.717, 1.165) is 31.4 Å². The fourth-order valence-corrected chi connectivity index (χ4v) is 2.32. The molecular formula is C14H32N4O2S. The van der Waals surface area contributed by atoms with Gasteiger partial charge in [-0.15, -0.1) is 0 Å². The van der Waals surface area contributed by atoms with Gasteiger partial charge in [0.05, 0.1) is 5.75 Å². The zero-order valence-electron chi connectivity index (χ0n) is 13.9. The Hall–Kier alpha value is -0.820. The average molecular weight is 321 g/mol. The maximum absolute atomic E-state index is 11.3. The van der Waals surface area contributed by atoms with Crippen molar-refractivity contribution in [1.82, 2.24) is 15.4 Å². The second-order valence-electron chi connectivity index (χ2n) is 5.37. The van der Waals surface area contributed by atoms with Crippen LogP contribution in [0, 0.1) is 5.92 Å². The van der Waals surface area contributed by atoms with Crippen LogP contribution in [-0.4, -0.2) is 46.3 Å². The van der Waals surface area contributed by atoms with E-state index in [4.69, 9.17) is 0 Å². The minimum Gasteiger partial charge on any atom is -0.357 e. The minimum atomic E-state index is -3.09. The van der Waals surface area contributed by atoms with E-state index >= 15 is 0 Å². The molecule has 0 aromatic carbocycles. The van der Waals surface area contributed by atoms with Gasteiger partial charge in [0.15, 0.2) is 5.96 Å². The molecule has 0 bridgehead atoms. The van der Waals surface area contributed by atoms with Crippen molar-refractivity contribution in [3.63, 3.8) is 0 Å². The molecule has 0 aliphatic rings. The number of guanidine groups is 1. The molecule has 0 radical (unpaired) electrons. The van der Waals surface area contributed by atoms with Crippen molar-refractivity contribution in [3.8, 4) is 0 Å². The third-order valence-corrected chi connectivity index (χ3v) is 4.31. The van der Waals surface area contributed by atoms with Crippen molar-refractivity contribution < 1.29 is 8.42 Å². The lowest BCUT2D eigenvalue weighted by Gasteiger charge is -2.12. The lowest BCUT2D eigenvalue weighted by Crippen LogP contribution is -2.38. The molecule has 6 nitrogen and oxygen atoms in total. The summed E-state index contributed by atoms with van der Waals surface area (Å²) in [6, 6.07) is 0. The Labute approximate surface area is 130 Å². The molecule has 0 aromatic heterocycles. The van der Waals surface area contributed by atoms with Crippen molar-refractivity contribution in [3.05, 3.63) is 0 Å². The smallest absolute Gasteiger partial charge is 0.211 e. The van der Waals surface area contributed by atoms with Gasteiger partial charge in [0.2, 0.25) is 10.0 Å². The highest BCUT2D eigenvalue weighted by atomic mass is 32.2. The quantitative estimate of drug-likeness (QED) is 0.304. The predicted octanol–water partition coefficient (Wildman–Crippen LogP) is 1.31. The lowest BCUT2D eigenvalue weighted by atomic mass is 10.1. The van der Waals surface area contributed by atoms with E-state index < -0.39 is 10.0 Å². The monoisotopic (exact) mass is 320 g/mol. The summed E-state index contributed by atoms with van der Waals surface area (Å²) in [5.41, 5.74) is 0. The third-order valence-electron chi connectivity index (χ3n) is 2.90. The number of hydrogen-bond donors (Lipinski definition) is 3. The summed E-state index contributed by atoms with van der Waals surface area (Å²) in [7, 11) is -3.09.